The number of amides is 1. The molecule has 8 nitrogen and oxygen atoms in total. The summed E-state index contributed by atoms with van der Waals surface area (Å²) in [5.41, 5.74) is 1.76. The minimum atomic E-state index is -0.172. The Kier molecular flexibility index (Phi) is 7.51. The summed E-state index contributed by atoms with van der Waals surface area (Å²) in [6.45, 7) is 9.07. The van der Waals surface area contributed by atoms with Gasteiger partial charge in [0.05, 0.1) is 18.1 Å². The molecular weight excluding hydrogens is 400 g/mol. The van der Waals surface area contributed by atoms with Crippen LogP contribution in [0.5, 0.6) is 5.75 Å². The van der Waals surface area contributed by atoms with Crippen LogP contribution in [0, 0.1) is 6.92 Å². The van der Waals surface area contributed by atoms with Gasteiger partial charge in [-0.25, -0.2) is 14.6 Å². The summed E-state index contributed by atoms with van der Waals surface area (Å²) in [5.74, 6) is 2.22. The third kappa shape index (κ3) is 5.63. The molecule has 0 aliphatic heterocycles. The van der Waals surface area contributed by atoms with E-state index >= 15 is 0 Å². The predicted octanol–water partition coefficient (Wildman–Crippen LogP) is 3.26. The first-order chi connectivity index (χ1) is 14.5. The van der Waals surface area contributed by atoms with Crippen LogP contribution in [-0.4, -0.2) is 50.6 Å². The molecule has 3 aromatic rings. The lowest BCUT2D eigenvalue weighted by atomic mass is 10.2. The molecule has 3 rings (SSSR count). The molecule has 2 heterocycles. The molecule has 0 spiro atoms. The van der Waals surface area contributed by atoms with Crippen LogP contribution in [0.25, 0.3) is 11.0 Å². The Balaban J connectivity index is 1.62. The van der Waals surface area contributed by atoms with Crippen LogP contribution in [0.4, 0.5) is 5.82 Å². The lowest BCUT2D eigenvalue weighted by Gasteiger charge is -2.12. The number of para-hydroxylation sites is 1. The van der Waals surface area contributed by atoms with Gasteiger partial charge in [0.1, 0.15) is 11.6 Å². The maximum absolute atomic E-state index is 12.1. The largest absolute Gasteiger partial charge is 0.484 e. The number of nitrogens with one attached hydrogen (secondary N) is 2. The van der Waals surface area contributed by atoms with Gasteiger partial charge < -0.3 is 15.4 Å². The van der Waals surface area contributed by atoms with Gasteiger partial charge in [-0.1, -0.05) is 36.9 Å². The second-order valence-corrected chi connectivity index (χ2v) is 8.33. The Morgan fingerprint density at radius 1 is 1.27 bits per heavy atom. The van der Waals surface area contributed by atoms with Crippen molar-refractivity contribution in [1.29, 1.82) is 0 Å². The Labute approximate surface area is 180 Å². The van der Waals surface area contributed by atoms with Crippen LogP contribution >= 0.6 is 11.8 Å². The Bertz CT molecular complexity index is 1000. The van der Waals surface area contributed by atoms with E-state index in [4.69, 9.17) is 4.74 Å². The van der Waals surface area contributed by atoms with E-state index in [1.54, 1.807) is 22.6 Å². The summed E-state index contributed by atoms with van der Waals surface area (Å²) >= 11 is 1.59. The summed E-state index contributed by atoms with van der Waals surface area (Å²) in [6.07, 6.45) is 1.77. The molecule has 0 atom stereocenters. The van der Waals surface area contributed by atoms with Crippen LogP contribution in [0.15, 0.2) is 35.6 Å². The normalized spacial score (nSPS) is 11.1. The molecular formula is C21H28N6O2S. The van der Waals surface area contributed by atoms with Gasteiger partial charge in [0, 0.05) is 12.6 Å². The molecule has 2 aromatic heterocycles. The van der Waals surface area contributed by atoms with Crippen molar-refractivity contribution in [1.82, 2.24) is 25.1 Å². The monoisotopic (exact) mass is 428 g/mol. The second kappa shape index (κ2) is 10.3. The number of ether oxygens (including phenoxy) is 1. The van der Waals surface area contributed by atoms with Crippen molar-refractivity contribution >= 4 is 34.5 Å². The number of nitrogens with zero attached hydrogens (tertiary/aromatic N) is 4. The number of aromatic nitrogens is 4. The molecule has 0 saturated carbocycles. The minimum absolute atomic E-state index is 0.0212. The van der Waals surface area contributed by atoms with Gasteiger partial charge in [-0.3, -0.25) is 4.79 Å². The summed E-state index contributed by atoms with van der Waals surface area (Å²) in [5, 5.41) is 12.3. The summed E-state index contributed by atoms with van der Waals surface area (Å²) < 4.78 is 7.38. The van der Waals surface area contributed by atoms with Gasteiger partial charge >= 0.3 is 0 Å². The lowest BCUT2D eigenvalue weighted by molar-refractivity contribution is -0.123. The van der Waals surface area contributed by atoms with Crippen molar-refractivity contribution in [2.45, 2.75) is 45.4 Å². The highest BCUT2D eigenvalue weighted by atomic mass is 32.2. The van der Waals surface area contributed by atoms with Crippen molar-refractivity contribution in [2.75, 3.05) is 24.2 Å². The number of hydrogen-bond donors (Lipinski definition) is 2. The number of anilines is 1. The molecule has 0 radical (unpaired) electrons. The zero-order valence-corrected chi connectivity index (χ0v) is 18.6. The zero-order valence-electron chi connectivity index (χ0n) is 17.8. The molecule has 0 aliphatic rings. The number of fused-ring (bicyclic) bond motifs is 1. The summed E-state index contributed by atoms with van der Waals surface area (Å²) in [6, 6.07) is 7.88. The van der Waals surface area contributed by atoms with Crippen molar-refractivity contribution < 1.29 is 9.53 Å². The van der Waals surface area contributed by atoms with Crippen LogP contribution in [0.1, 0.15) is 26.3 Å². The number of carbonyl (C=O) groups excluding carboxylic acids is 1. The minimum Gasteiger partial charge on any atom is -0.484 e. The fourth-order valence-electron chi connectivity index (χ4n) is 2.89. The van der Waals surface area contributed by atoms with Gasteiger partial charge in [0.15, 0.2) is 17.4 Å². The van der Waals surface area contributed by atoms with Crippen LogP contribution in [-0.2, 0) is 11.3 Å². The number of aryl methyl sites for hydroxylation is 1. The van der Waals surface area contributed by atoms with Gasteiger partial charge in [0.2, 0.25) is 0 Å². The standard InChI is InChI=1S/C21H28N6O2S/c1-5-30-21-25-19(24-14(2)3)16-12-23-27(20(16)26-21)11-10-22-18(28)13-29-17-9-7-6-8-15(17)4/h6-9,12,14H,5,10-11,13H2,1-4H3,(H,22,28)(H,24,25,26). The maximum Gasteiger partial charge on any atom is 0.258 e. The Hall–Kier alpha value is -2.81. The highest BCUT2D eigenvalue weighted by Gasteiger charge is 2.14. The molecule has 0 unspecified atom stereocenters. The first kappa shape index (κ1) is 21.9. The Morgan fingerprint density at radius 3 is 2.80 bits per heavy atom. The van der Waals surface area contributed by atoms with E-state index in [-0.39, 0.29) is 18.6 Å². The quantitative estimate of drug-likeness (QED) is 0.378. The fourth-order valence-corrected chi connectivity index (χ4v) is 3.46. The molecule has 9 heteroatoms. The van der Waals surface area contributed by atoms with Gasteiger partial charge in [-0.05, 0) is 38.2 Å². The highest BCUT2D eigenvalue weighted by molar-refractivity contribution is 7.99. The Morgan fingerprint density at radius 2 is 2.07 bits per heavy atom. The average molecular weight is 429 g/mol. The summed E-state index contributed by atoms with van der Waals surface area (Å²) in [4.78, 5) is 21.4. The van der Waals surface area contributed by atoms with E-state index in [1.807, 2.05) is 31.2 Å². The lowest BCUT2D eigenvalue weighted by Crippen LogP contribution is -2.31. The number of benzene rings is 1. The van der Waals surface area contributed by atoms with Crippen molar-refractivity contribution in [2.24, 2.45) is 0 Å². The van der Waals surface area contributed by atoms with Gasteiger partial charge in [0.25, 0.3) is 5.91 Å². The molecule has 0 bridgehead atoms. The van der Waals surface area contributed by atoms with E-state index in [9.17, 15) is 4.79 Å². The molecule has 0 fully saturated rings. The second-order valence-electron chi connectivity index (χ2n) is 7.10. The van der Waals surface area contributed by atoms with E-state index in [0.29, 0.717) is 24.0 Å². The van der Waals surface area contributed by atoms with Crippen LogP contribution in [0.3, 0.4) is 0 Å². The van der Waals surface area contributed by atoms with Crippen LogP contribution in [0.2, 0.25) is 0 Å². The maximum atomic E-state index is 12.1. The first-order valence-electron chi connectivity index (χ1n) is 10.1. The number of thioether (sulfide) groups is 1. The molecule has 0 saturated heterocycles. The van der Waals surface area contributed by atoms with Crippen LogP contribution < -0.4 is 15.4 Å². The number of carbonyl (C=O) groups is 1. The SMILES string of the molecule is CCSc1nc(NC(C)C)c2cnn(CCNC(=O)COc3ccccc3C)c2n1. The molecule has 2 N–H and O–H groups in total. The topological polar surface area (TPSA) is 94.0 Å². The van der Waals surface area contributed by atoms with Crippen molar-refractivity contribution in [3.63, 3.8) is 0 Å². The zero-order chi connectivity index (χ0) is 21.5. The molecule has 30 heavy (non-hydrogen) atoms. The molecule has 1 amide bonds. The molecule has 0 aliphatic carbocycles. The molecule has 1 aromatic carbocycles. The first-order valence-corrected chi connectivity index (χ1v) is 11.0. The number of rotatable bonds is 10. The van der Waals surface area contributed by atoms with E-state index in [0.717, 1.165) is 28.2 Å². The smallest absolute Gasteiger partial charge is 0.258 e. The third-order valence-corrected chi connectivity index (χ3v) is 5.00. The van der Waals surface area contributed by atoms with Crippen molar-refractivity contribution in [3.8, 4) is 5.75 Å². The van der Waals surface area contributed by atoms with Gasteiger partial charge in [-0.2, -0.15) is 5.10 Å². The molecule has 160 valence electrons. The highest BCUT2D eigenvalue weighted by Crippen LogP contribution is 2.24. The predicted molar refractivity (Wildman–Crippen MR) is 120 cm³/mol. The third-order valence-electron chi connectivity index (χ3n) is 4.27. The van der Waals surface area contributed by atoms with E-state index in [1.165, 1.54) is 0 Å². The van der Waals surface area contributed by atoms with Gasteiger partial charge in [-0.15, -0.1) is 0 Å². The van der Waals surface area contributed by atoms with E-state index < -0.39 is 0 Å². The van der Waals surface area contributed by atoms with Crippen molar-refractivity contribution in [3.05, 3.63) is 36.0 Å². The van der Waals surface area contributed by atoms with E-state index in [2.05, 4.69) is 46.5 Å². The fraction of sp³-hybridized carbons (Fsp3) is 0.429. The average Bonchev–Trinajstić information content (AvgIpc) is 3.10. The summed E-state index contributed by atoms with van der Waals surface area (Å²) in [7, 11) is 0. The number of hydrogen-bond acceptors (Lipinski definition) is 7.